The molecule has 0 spiro atoms. The number of methoxy groups -OCH3 is 2. The van der Waals surface area contributed by atoms with Gasteiger partial charge in [-0.3, -0.25) is 4.79 Å². The summed E-state index contributed by atoms with van der Waals surface area (Å²) in [5.41, 5.74) is 1.13. The molecule has 1 atom stereocenters. The highest BCUT2D eigenvalue weighted by Gasteiger charge is 2.21. The van der Waals surface area contributed by atoms with Gasteiger partial charge in [0.25, 0.3) is 5.91 Å². The first-order chi connectivity index (χ1) is 12.8. The van der Waals surface area contributed by atoms with Crippen LogP contribution in [0.4, 0.5) is 0 Å². The predicted molar refractivity (Wildman–Crippen MR) is 103 cm³/mol. The Kier molecular flexibility index (Phi) is 6.81. The van der Waals surface area contributed by atoms with E-state index in [9.17, 15) is 13.2 Å². The molecule has 0 unspecified atom stereocenters. The highest BCUT2D eigenvalue weighted by Crippen LogP contribution is 2.25. The fourth-order valence-corrected chi connectivity index (χ4v) is 3.79. The van der Waals surface area contributed by atoms with E-state index in [1.165, 1.54) is 25.3 Å². The Balaban J connectivity index is 2.25. The van der Waals surface area contributed by atoms with Gasteiger partial charge < -0.3 is 14.8 Å². The van der Waals surface area contributed by atoms with Crippen molar-refractivity contribution in [1.29, 1.82) is 0 Å². The van der Waals surface area contributed by atoms with Crippen molar-refractivity contribution >= 4 is 15.9 Å². The van der Waals surface area contributed by atoms with Crippen LogP contribution in [-0.2, 0) is 10.0 Å². The summed E-state index contributed by atoms with van der Waals surface area (Å²) in [5, 5.41) is 2.86. The lowest BCUT2D eigenvalue weighted by molar-refractivity contribution is 0.0939. The smallest absolute Gasteiger partial charge is 0.251 e. The van der Waals surface area contributed by atoms with Gasteiger partial charge in [-0.25, -0.2) is 13.1 Å². The minimum Gasteiger partial charge on any atom is -0.497 e. The van der Waals surface area contributed by atoms with Crippen LogP contribution in [-0.4, -0.2) is 35.1 Å². The number of benzene rings is 2. The van der Waals surface area contributed by atoms with Crippen LogP contribution in [0, 0.1) is 0 Å². The lowest BCUT2D eigenvalue weighted by Crippen LogP contribution is -2.28. The van der Waals surface area contributed by atoms with Crippen LogP contribution < -0.4 is 19.5 Å². The molecule has 1 amide bonds. The third-order valence-corrected chi connectivity index (χ3v) is 5.58. The lowest BCUT2D eigenvalue weighted by atomic mass is 10.1. The lowest BCUT2D eigenvalue weighted by Gasteiger charge is -2.16. The maximum Gasteiger partial charge on any atom is 0.251 e. The van der Waals surface area contributed by atoms with Gasteiger partial charge in [-0.15, -0.1) is 0 Å². The Labute approximate surface area is 159 Å². The zero-order valence-corrected chi connectivity index (χ0v) is 16.6. The van der Waals surface area contributed by atoms with Gasteiger partial charge in [0.15, 0.2) is 0 Å². The summed E-state index contributed by atoms with van der Waals surface area (Å²) >= 11 is 0. The van der Waals surface area contributed by atoms with Gasteiger partial charge in [-0.1, -0.05) is 19.1 Å². The van der Waals surface area contributed by atoms with Crippen molar-refractivity contribution < 1.29 is 22.7 Å². The first kappa shape index (κ1) is 20.7. The second-order valence-electron chi connectivity index (χ2n) is 5.84. The summed E-state index contributed by atoms with van der Waals surface area (Å²) in [6, 6.07) is 11.4. The van der Waals surface area contributed by atoms with Gasteiger partial charge in [0.2, 0.25) is 10.0 Å². The van der Waals surface area contributed by atoms with Gasteiger partial charge in [-0.2, -0.15) is 0 Å². The molecule has 2 aromatic carbocycles. The van der Waals surface area contributed by atoms with Crippen LogP contribution in [0.5, 0.6) is 11.5 Å². The first-order valence-corrected chi connectivity index (χ1v) is 9.93. The first-order valence-electron chi connectivity index (χ1n) is 8.45. The monoisotopic (exact) mass is 392 g/mol. The quantitative estimate of drug-likeness (QED) is 0.720. The molecule has 0 radical (unpaired) electrons. The molecule has 0 saturated heterocycles. The standard InChI is InChI=1S/C19H24N2O5S/c1-5-20-27(23,24)18-12-15(8-11-17(18)26-4)19(22)21-13(2)14-6-9-16(25-3)10-7-14/h6-13,20H,5H2,1-4H3,(H,21,22)/t13-/m0/s1. The topological polar surface area (TPSA) is 93.7 Å². The highest BCUT2D eigenvalue weighted by molar-refractivity contribution is 7.89. The largest absolute Gasteiger partial charge is 0.497 e. The minimum atomic E-state index is -3.77. The van der Waals surface area contributed by atoms with Crippen LogP contribution in [0.2, 0.25) is 0 Å². The molecular weight excluding hydrogens is 368 g/mol. The average Bonchev–Trinajstić information content (AvgIpc) is 2.67. The number of hydrogen-bond acceptors (Lipinski definition) is 5. The van der Waals surface area contributed by atoms with E-state index in [-0.39, 0.29) is 34.7 Å². The normalized spacial score (nSPS) is 12.3. The van der Waals surface area contributed by atoms with E-state index in [0.29, 0.717) is 0 Å². The Bertz CT molecular complexity index is 895. The van der Waals surface area contributed by atoms with Crippen molar-refractivity contribution in [3.63, 3.8) is 0 Å². The number of hydrogen-bond donors (Lipinski definition) is 2. The van der Waals surface area contributed by atoms with Crippen molar-refractivity contribution in [2.24, 2.45) is 0 Å². The second-order valence-corrected chi connectivity index (χ2v) is 7.57. The molecule has 0 aliphatic heterocycles. The number of amides is 1. The van der Waals surface area contributed by atoms with Gasteiger partial charge in [0.05, 0.1) is 20.3 Å². The third kappa shape index (κ3) is 4.99. The van der Waals surface area contributed by atoms with Gasteiger partial charge in [-0.05, 0) is 42.8 Å². The molecule has 0 heterocycles. The molecule has 146 valence electrons. The van der Waals surface area contributed by atoms with E-state index in [1.54, 1.807) is 14.0 Å². The van der Waals surface area contributed by atoms with E-state index in [0.717, 1.165) is 11.3 Å². The van der Waals surface area contributed by atoms with Crippen molar-refractivity contribution in [2.45, 2.75) is 24.8 Å². The van der Waals surface area contributed by atoms with E-state index in [4.69, 9.17) is 9.47 Å². The number of nitrogens with one attached hydrogen (secondary N) is 2. The van der Waals surface area contributed by atoms with Gasteiger partial charge in [0.1, 0.15) is 16.4 Å². The molecule has 0 aliphatic carbocycles. The highest BCUT2D eigenvalue weighted by atomic mass is 32.2. The molecule has 0 aliphatic rings. The Morgan fingerprint density at radius 1 is 1.07 bits per heavy atom. The Morgan fingerprint density at radius 2 is 1.74 bits per heavy atom. The average molecular weight is 392 g/mol. The Hall–Kier alpha value is -2.58. The number of sulfonamides is 1. The molecule has 0 aromatic heterocycles. The predicted octanol–water partition coefficient (Wildman–Crippen LogP) is 2.49. The molecule has 0 saturated carbocycles. The summed E-state index contributed by atoms with van der Waals surface area (Å²) in [4.78, 5) is 12.5. The molecule has 2 aromatic rings. The van der Waals surface area contributed by atoms with Crippen LogP contribution >= 0.6 is 0 Å². The summed E-state index contributed by atoms with van der Waals surface area (Å²) < 4.78 is 37.4. The molecule has 0 bridgehead atoms. The number of ether oxygens (including phenoxy) is 2. The minimum absolute atomic E-state index is 0.0726. The molecule has 2 rings (SSSR count). The SMILES string of the molecule is CCNS(=O)(=O)c1cc(C(=O)N[C@@H](C)c2ccc(OC)cc2)ccc1OC. The van der Waals surface area contributed by atoms with Crippen LogP contribution in [0.25, 0.3) is 0 Å². The van der Waals surface area contributed by atoms with Crippen molar-refractivity contribution in [3.8, 4) is 11.5 Å². The maximum atomic E-state index is 12.6. The van der Waals surface area contributed by atoms with Crippen LogP contribution in [0.15, 0.2) is 47.4 Å². The van der Waals surface area contributed by atoms with Gasteiger partial charge in [0, 0.05) is 12.1 Å². The van der Waals surface area contributed by atoms with E-state index >= 15 is 0 Å². The number of carbonyl (C=O) groups excluding carboxylic acids is 1. The van der Waals surface area contributed by atoms with E-state index in [1.807, 2.05) is 31.2 Å². The Morgan fingerprint density at radius 3 is 2.30 bits per heavy atom. The molecular formula is C19H24N2O5S. The molecule has 8 heteroatoms. The summed E-state index contributed by atoms with van der Waals surface area (Å²) in [5.74, 6) is 0.523. The third-order valence-electron chi connectivity index (χ3n) is 4.01. The summed E-state index contributed by atoms with van der Waals surface area (Å²) in [6.45, 7) is 3.76. The van der Waals surface area contributed by atoms with E-state index in [2.05, 4.69) is 10.0 Å². The van der Waals surface area contributed by atoms with Crippen molar-refractivity contribution in [1.82, 2.24) is 10.0 Å². The zero-order valence-electron chi connectivity index (χ0n) is 15.8. The maximum absolute atomic E-state index is 12.6. The summed E-state index contributed by atoms with van der Waals surface area (Å²) in [7, 11) is -0.799. The molecule has 0 fully saturated rings. The van der Waals surface area contributed by atoms with Crippen LogP contribution in [0.3, 0.4) is 0 Å². The fourth-order valence-electron chi connectivity index (χ4n) is 2.55. The van der Waals surface area contributed by atoms with Crippen LogP contribution in [0.1, 0.15) is 35.8 Å². The van der Waals surface area contributed by atoms with Crippen molar-refractivity contribution in [3.05, 3.63) is 53.6 Å². The summed E-state index contributed by atoms with van der Waals surface area (Å²) in [6.07, 6.45) is 0. The number of carbonyl (C=O) groups is 1. The second kappa shape index (κ2) is 8.88. The van der Waals surface area contributed by atoms with Crippen molar-refractivity contribution in [2.75, 3.05) is 20.8 Å². The number of rotatable bonds is 8. The molecule has 27 heavy (non-hydrogen) atoms. The fraction of sp³-hybridized carbons (Fsp3) is 0.316. The molecule has 2 N–H and O–H groups in total. The molecule has 7 nitrogen and oxygen atoms in total. The van der Waals surface area contributed by atoms with Gasteiger partial charge >= 0.3 is 0 Å². The van der Waals surface area contributed by atoms with E-state index < -0.39 is 10.0 Å². The zero-order chi connectivity index (χ0) is 20.0.